The predicted octanol–water partition coefficient (Wildman–Crippen LogP) is 3.42. The van der Waals surface area contributed by atoms with Crippen molar-refractivity contribution in [1.82, 2.24) is 0 Å². The van der Waals surface area contributed by atoms with Crippen LogP contribution < -0.4 is 4.74 Å². The van der Waals surface area contributed by atoms with Gasteiger partial charge in [0.15, 0.2) is 0 Å². The number of aliphatic hydroxyl groups is 1. The summed E-state index contributed by atoms with van der Waals surface area (Å²) in [5, 5.41) is 10.8. The number of hydrogen-bond donors (Lipinski definition) is 1. The molecule has 4 heteroatoms. The van der Waals surface area contributed by atoms with Crippen molar-refractivity contribution in [1.29, 1.82) is 0 Å². The highest BCUT2D eigenvalue weighted by Gasteiger charge is 2.41. The van der Waals surface area contributed by atoms with Gasteiger partial charge in [-0.25, -0.2) is 0 Å². The molecule has 0 aromatic heterocycles. The molecule has 0 radical (unpaired) electrons. The van der Waals surface area contributed by atoms with Gasteiger partial charge in [-0.2, -0.15) is 11.8 Å². The third-order valence-corrected chi connectivity index (χ3v) is 5.80. The van der Waals surface area contributed by atoms with Gasteiger partial charge in [0.05, 0.1) is 18.8 Å². The number of rotatable bonds is 3. The van der Waals surface area contributed by atoms with Gasteiger partial charge in [-0.05, 0) is 60.8 Å². The molecule has 1 aromatic rings. The molecule has 1 N–H and O–H groups in total. The number of ether oxygens (including phenoxy) is 2. The first-order valence-electron chi connectivity index (χ1n) is 7.76. The van der Waals surface area contributed by atoms with E-state index in [0.717, 1.165) is 43.6 Å². The number of methoxy groups -OCH3 is 1. The molecule has 2 atom stereocenters. The second-order valence-electron chi connectivity index (χ2n) is 6.12. The average Bonchev–Trinajstić information content (AvgIpc) is 2.55. The van der Waals surface area contributed by atoms with Crippen molar-refractivity contribution in [3.05, 3.63) is 29.8 Å². The molecule has 2 fully saturated rings. The predicted molar refractivity (Wildman–Crippen MR) is 85.9 cm³/mol. The van der Waals surface area contributed by atoms with Gasteiger partial charge in [0.2, 0.25) is 0 Å². The van der Waals surface area contributed by atoms with E-state index in [1.54, 1.807) is 7.11 Å². The lowest BCUT2D eigenvalue weighted by Gasteiger charge is -2.44. The second kappa shape index (κ2) is 6.59. The smallest absolute Gasteiger partial charge is 0.119 e. The van der Waals surface area contributed by atoms with Crippen LogP contribution in [0.5, 0.6) is 5.75 Å². The molecule has 3 rings (SSSR count). The monoisotopic (exact) mass is 308 g/mol. The zero-order chi connectivity index (χ0) is 14.7. The first-order chi connectivity index (χ1) is 10.2. The Kier molecular flexibility index (Phi) is 4.77. The first kappa shape index (κ1) is 15.2. The van der Waals surface area contributed by atoms with Gasteiger partial charge in [-0.3, -0.25) is 0 Å². The summed E-state index contributed by atoms with van der Waals surface area (Å²) in [6.07, 6.45) is 3.74. The molecule has 0 aliphatic carbocycles. The first-order valence-corrected chi connectivity index (χ1v) is 8.92. The zero-order valence-corrected chi connectivity index (χ0v) is 13.4. The van der Waals surface area contributed by atoms with Crippen LogP contribution in [0.4, 0.5) is 0 Å². The molecule has 21 heavy (non-hydrogen) atoms. The van der Waals surface area contributed by atoms with E-state index in [0.29, 0.717) is 0 Å². The number of benzene rings is 1. The van der Waals surface area contributed by atoms with E-state index < -0.39 is 6.10 Å². The summed E-state index contributed by atoms with van der Waals surface area (Å²) in [5.41, 5.74) is 0.982. The summed E-state index contributed by atoms with van der Waals surface area (Å²) in [6, 6.07) is 7.80. The lowest BCUT2D eigenvalue weighted by Crippen LogP contribution is -2.44. The minimum atomic E-state index is -0.421. The summed E-state index contributed by atoms with van der Waals surface area (Å²) in [7, 11) is 1.66. The van der Waals surface area contributed by atoms with Gasteiger partial charge in [0.25, 0.3) is 0 Å². The Balaban J connectivity index is 1.72. The van der Waals surface area contributed by atoms with Crippen LogP contribution in [0.3, 0.4) is 0 Å². The molecule has 2 heterocycles. The van der Waals surface area contributed by atoms with Crippen molar-refractivity contribution in [2.24, 2.45) is 5.92 Å². The van der Waals surface area contributed by atoms with Crippen molar-refractivity contribution in [3.63, 3.8) is 0 Å². The van der Waals surface area contributed by atoms with Crippen LogP contribution in [0, 0.1) is 5.92 Å². The molecule has 0 amide bonds. The molecule has 1 aromatic carbocycles. The molecule has 2 saturated heterocycles. The van der Waals surface area contributed by atoms with Crippen LogP contribution in [0.25, 0.3) is 0 Å². The quantitative estimate of drug-likeness (QED) is 0.928. The number of thioether (sulfide) groups is 1. The third kappa shape index (κ3) is 3.38. The largest absolute Gasteiger partial charge is 0.497 e. The molecule has 0 saturated carbocycles. The van der Waals surface area contributed by atoms with E-state index in [1.165, 1.54) is 11.5 Å². The summed E-state index contributed by atoms with van der Waals surface area (Å²) < 4.78 is 11.4. The van der Waals surface area contributed by atoms with Crippen LogP contribution in [0.15, 0.2) is 24.3 Å². The molecule has 2 aliphatic rings. The fourth-order valence-corrected chi connectivity index (χ4v) is 4.76. The zero-order valence-electron chi connectivity index (χ0n) is 12.6. The maximum absolute atomic E-state index is 10.8. The van der Waals surface area contributed by atoms with Crippen molar-refractivity contribution in [2.45, 2.75) is 37.4 Å². The van der Waals surface area contributed by atoms with Crippen LogP contribution in [0.2, 0.25) is 0 Å². The van der Waals surface area contributed by atoms with E-state index in [1.807, 2.05) is 36.0 Å². The van der Waals surface area contributed by atoms with E-state index >= 15 is 0 Å². The Labute approximate surface area is 131 Å². The normalized spacial score (nSPS) is 26.5. The second-order valence-corrected chi connectivity index (χ2v) is 7.34. The van der Waals surface area contributed by atoms with Gasteiger partial charge in [-0.15, -0.1) is 0 Å². The van der Waals surface area contributed by atoms with E-state index in [2.05, 4.69) is 0 Å². The Morgan fingerprint density at radius 1 is 1.38 bits per heavy atom. The molecule has 2 unspecified atom stereocenters. The van der Waals surface area contributed by atoms with Gasteiger partial charge < -0.3 is 14.6 Å². The van der Waals surface area contributed by atoms with E-state index in [4.69, 9.17) is 9.47 Å². The molecule has 1 spiro atoms. The molecule has 3 nitrogen and oxygen atoms in total. The molecule has 116 valence electrons. The van der Waals surface area contributed by atoms with Crippen LogP contribution in [-0.4, -0.2) is 35.9 Å². The van der Waals surface area contributed by atoms with Gasteiger partial charge in [0, 0.05) is 6.61 Å². The fraction of sp³-hybridized carbons (Fsp3) is 0.647. The highest BCUT2D eigenvalue weighted by molar-refractivity contribution is 7.99. The SMILES string of the molecule is COc1cccc(C(O)C2CCOC3(CCSCC3)C2)c1. The van der Waals surface area contributed by atoms with E-state index in [9.17, 15) is 5.11 Å². The van der Waals surface area contributed by atoms with Crippen molar-refractivity contribution < 1.29 is 14.6 Å². The van der Waals surface area contributed by atoms with Crippen molar-refractivity contribution >= 4 is 11.8 Å². The van der Waals surface area contributed by atoms with Crippen molar-refractivity contribution in [3.8, 4) is 5.75 Å². The highest BCUT2D eigenvalue weighted by atomic mass is 32.2. The Morgan fingerprint density at radius 2 is 2.19 bits per heavy atom. The maximum Gasteiger partial charge on any atom is 0.119 e. The van der Waals surface area contributed by atoms with Crippen LogP contribution >= 0.6 is 11.8 Å². The van der Waals surface area contributed by atoms with Crippen LogP contribution in [0.1, 0.15) is 37.4 Å². The minimum Gasteiger partial charge on any atom is -0.497 e. The number of hydrogen-bond acceptors (Lipinski definition) is 4. The summed E-state index contributed by atoms with van der Waals surface area (Å²) >= 11 is 2.01. The van der Waals surface area contributed by atoms with Gasteiger partial charge in [0.1, 0.15) is 5.75 Å². The van der Waals surface area contributed by atoms with E-state index in [-0.39, 0.29) is 11.5 Å². The molecule has 2 aliphatic heterocycles. The van der Waals surface area contributed by atoms with Gasteiger partial charge >= 0.3 is 0 Å². The summed E-state index contributed by atoms with van der Waals surface area (Å²) in [6.45, 7) is 0.774. The highest BCUT2D eigenvalue weighted by Crippen LogP contribution is 2.43. The maximum atomic E-state index is 10.8. The standard InChI is InChI=1S/C17H24O3S/c1-19-15-4-2-3-13(11-15)16(18)14-5-8-20-17(12-14)6-9-21-10-7-17/h2-4,11,14,16,18H,5-10,12H2,1H3. The fourth-order valence-electron chi connectivity index (χ4n) is 3.52. The Bertz CT molecular complexity index is 465. The molecular formula is C17H24O3S. The average molecular weight is 308 g/mol. The lowest BCUT2D eigenvalue weighted by molar-refractivity contribution is -0.121. The minimum absolute atomic E-state index is 0.0218. The van der Waals surface area contributed by atoms with Gasteiger partial charge in [-0.1, -0.05) is 12.1 Å². The van der Waals surface area contributed by atoms with Crippen LogP contribution in [-0.2, 0) is 4.74 Å². The van der Waals surface area contributed by atoms with Crippen molar-refractivity contribution in [2.75, 3.05) is 25.2 Å². The topological polar surface area (TPSA) is 38.7 Å². The lowest BCUT2D eigenvalue weighted by atomic mass is 9.78. The number of aliphatic hydroxyl groups excluding tert-OH is 1. The Morgan fingerprint density at radius 3 is 2.95 bits per heavy atom. The summed E-state index contributed by atoms with van der Waals surface area (Å²) in [4.78, 5) is 0. The molecule has 0 bridgehead atoms. The molecular weight excluding hydrogens is 284 g/mol. The third-order valence-electron chi connectivity index (χ3n) is 4.82. The Hall–Kier alpha value is -0.710. The summed E-state index contributed by atoms with van der Waals surface area (Å²) in [5.74, 6) is 3.46.